The Labute approximate surface area is 133 Å². The van der Waals surface area contributed by atoms with Crippen LogP contribution in [0, 0.1) is 5.82 Å². The van der Waals surface area contributed by atoms with Crippen LogP contribution in [0.2, 0.25) is 0 Å². The maximum atomic E-state index is 13.8. The quantitative estimate of drug-likeness (QED) is 0.827. The summed E-state index contributed by atoms with van der Waals surface area (Å²) < 4.78 is 19.8. The van der Waals surface area contributed by atoms with E-state index < -0.39 is 0 Å². The van der Waals surface area contributed by atoms with Gasteiger partial charge in [0.1, 0.15) is 0 Å². The molecule has 0 bridgehead atoms. The highest BCUT2D eigenvalue weighted by molar-refractivity contribution is 9.10. The van der Waals surface area contributed by atoms with E-state index in [1.807, 2.05) is 18.2 Å². The van der Waals surface area contributed by atoms with Gasteiger partial charge in [-0.2, -0.15) is 0 Å². The Morgan fingerprint density at radius 3 is 2.67 bits per heavy atom. The lowest BCUT2D eigenvalue weighted by atomic mass is 9.98. The van der Waals surface area contributed by atoms with Crippen molar-refractivity contribution in [1.29, 1.82) is 0 Å². The molecule has 21 heavy (non-hydrogen) atoms. The predicted octanol–water partition coefficient (Wildman–Crippen LogP) is 4.49. The van der Waals surface area contributed by atoms with Gasteiger partial charge < -0.3 is 10.1 Å². The number of benzene rings is 2. The Morgan fingerprint density at radius 2 is 2.05 bits per heavy atom. The second kappa shape index (κ2) is 7.57. The van der Waals surface area contributed by atoms with Crippen molar-refractivity contribution >= 4 is 15.9 Å². The fourth-order valence-corrected chi connectivity index (χ4v) is 2.77. The van der Waals surface area contributed by atoms with Gasteiger partial charge in [-0.05, 0) is 48.4 Å². The fraction of sp³-hybridized carbons (Fsp3) is 0.294. The summed E-state index contributed by atoms with van der Waals surface area (Å²) in [5, 5.41) is 3.45. The van der Waals surface area contributed by atoms with E-state index in [0.717, 1.165) is 23.0 Å². The van der Waals surface area contributed by atoms with Crippen LogP contribution >= 0.6 is 15.9 Å². The molecule has 4 heteroatoms. The van der Waals surface area contributed by atoms with Crippen molar-refractivity contribution in [2.75, 3.05) is 13.7 Å². The van der Waals surface area contributed by atoms with Crippen molar-refractivity contribution in [3.05, 3.63) is 63.9 Å². The van der Waals surface area contributed by atoms with Crippen LogP contribution in [0.15, 0.2) is 46.9 Å². The molecule has 2 nitrogen and oxygen atoms in total. The Kier molecular flexibility index (Phi) is 5.76. The smallest absolute Gasteiger partial charge is 0.165 e. The molecule has 2 aromatic carbocycles. The highest BCUT2D eigenvalue weighted by atomic mass is 79.9. The van der Waals surface area contributed by atoms with Gasteiger partial charge in [0.05, 0.1) is 7.11 Å². The van der Waals surface area contributed by atoms with Crippen LogP contribution in [-0.4, -0.2) is 13.7 Å². The molecular formula is C17H19BrFNO. The Morgan fingerprint density at radius 1 is 1.24 bits per heavy atom. The van der Waals surface area contributed by atoms with E-state index >= 15 is 0 Å². The van der Waals surface area contributed by atoms with Gasteiger partial charge >= 0.3 is 0 Å². The summed E-state index contributed by atoms with van der Waals surface area (Å²) in [6, 6.07) is 13.5. The monoisotopic (exact) mass is 351 g/mol. The highest BCUT2D eigenvalue weighted by Crippen LogP contribution is 2.24. The van der Waals surface area contributed by atoms with Gasteiger partial charge in [0.2, 0.25) is 0 Å². The third-order valence-corrected chi connectivity index (χ3v) is 3.85. The molecule has 0 amide bonds. The lowest BCUT2D eigenvalue weighted by Crippen LogP contribution is -2.23. The number of likely N-dealkylation sites (N-methyl/N-ethyl adjacent to an activating group) is 1. The van der Waals surface area contributed by atoms with E-state index in [0.29, 0.717) is 0 Å². The van der Waals surface area contributed by atoms with Crippen LogP contribution in [0.5, 0.6) is 5.75 Å². The SMILES string of the molecule is CCNC(Cc1ccc(OC)c(F)c1)c1cccc(Br)c1. The van der Waals surface area contributed by atoms with Gasteiger partial charge in [0.15, 0.2) is 11.6 Å². The molecule has 0 spiro atoms. The van der Waals surface area contributed by atoms with Crippen LogP contribution in [0.3, 0.4) is 0 Å². The molecule has 0 aliphatic heterocycles. The second-order valence-corrected chi connectivity index (χ2v) is 5.75. The van der Waals surface area contributed by atoms with Gasteiger partial charge in [-0.1, -0.05) is 41.1 Å². The number of hydrogen-bond donors (Lipinski definition) is 1. The van der Waals surface area contributed by atoms with Crippen molar-refractivity contribution in [2.45, 2.75) is 19.4 Å². The molecule has 0 aliphatic rings. The van der Waals surface area contributed by atoms with E-state index in [1.165, 1.54) is 12.7 Å². The summed E-state index contributed by atoms with van der Waals surface area (Å²) in [7, 11) is 1.47. The van der Waals surface area contributed by atoms with Crippen molar-refractivity contribution in [2.24, 2.45) is 0 Å². The minimum Gasteiger partial charge on any atom is -0.494 e. The first-order valence-electron chi connectivity index (χ1n) is 6.95. The van der Waals surface area contributed by atoms with Crippen LogP contribution in [0.4, 0.5) is 4.39 Å². The molecule has 0 saturated heterocycles. The maximum Gasteiger partial charge on any atom is 0.165 e. The van der Waals surface area contributed by atoms with E-state index in [1.54, 1.807) is 12.1 Å². The summed E-state index contributed by atoms with van der Waals surface area (Å²) in [6.45, 7) is 2.93. The van der Waals surface area contributed by atoms with E-state index in [9.17, 15) is 4.39 Å². The number of hydrogen-bond acceptors (Lipinski definition) is 2. The molecule has 0 aliphatic carbocycles. The zero-order valence-electron chi connectivity index (χ0n) is 12.2. The summed E-state index contributed by atoms with van der Waals surface area (Å²) in [6.07, 6.45) is 0.727. The topological polar surface area (TPSA) is 21.3 Å². The molecule has 0 radical (unpaired) electrons. The molecule has 1 N–H and O–H groups in total. The molecular weight excluding hydrogens is 333 g/mol. The van der Waals surface area contributed by atoms with Gasteiger partial charge in [0.25, 0.3) is 0 Å². The van der Waals surface area contributed by atoms with Crippen molar-refractivity contribution < 1.29 is 9.13 Å². The number of rotatable bonds is 6. The van der Waals surface area contributed by atoms with Crippen LogP contribution < -0.4 is 10.1 Å². The zero-order chi connectivity index (χ0) is 15.2. The van der Waals surface area contributed by atoms with E-state index in [4.69, 9.17) is 4.74 Å². The van der Waals surface area contributed by atoms with Crippen LogP contribution in [0.1, 0.15) is 24.1 Å². The number of ether oxygens (including phenoxy) is 1. The number of halogens is 2. The molecule has 0 aromatic heterocycles. The average molecular weight is 352 g/mol. The molecule has 1 unspecified atom stereocenters. The Hall–Kier alpha value is -1.39. The molecule has 1 atom stereocenters. The van der Waals surface area contributed by atoms with Gasteiger partial charge in [-0.15, -0.1) is 0 Å². The summed E-state index contributed by atoms with van der Waals surface area (Å²) >= 11 is 3.49. The number of nitrogens with one attached hydrogen (secondary N) is 1. The average Bonchev–Trinajstić information content (AvgIpc) is 2.47. The second-order valence-electron chi connectivity index (χ2n) is 4.84. The predicted molar refractivity (Wildman–Crippen MR) is 87.2 cm³/mol. The largest absolute Gasteiger partial charge is 0.494 e. The van der Waals surface area contributed by atoms with E-state index in [2.05, 4.69) is 40.3 Å². The summed E-state index contributed by atoms with van der Waals surface area (Å²) in [5.74, 6) is -0.0410. The fourth-order valence-electron chi connectivity index (χ4n) is 2.35. The third-order valence-electron chi connectivity index (χ3n) is 3.36. The minimum absolute atomic E-state index is 0.153. The molecule has 0 saturated carbocycles. The Bertz CT molecular complexity index is 603. The molecule has 0 heterocycles. The third kappa shape index (κ3) is 4.29. The normalized spacial score (nSPS) is 12.2. The van der Waals surface area contributed by atoms with Crippen LogP contribution in [0.25, 0.3) is 0 Å². The summed E-state index contributed by atoms with van der Waals surface area (Å²) in [5.41, 5.74) is 2.13. The molecule has 0 fully saturated rings. The lowest BCUT2D eigenvalue weighted by molar-refractivity contribution is 0.386. The lowest BCUT2D eigenvalue weighted by Gasteiger charge is -2.19. The van der Waals surface area contributed by atoms with Gasteiger partial charge in [-0.25, -0.2) is 4.39 Å². The maximum absolute atomic E-state index is 13.8. The first-order valence-corrected chi connectivity index (χ1v) is 7.74. The van der Waals surface area contributed by atoms with Crippen molar-refractivity contribution in [3.8, 4) is 5.75 Å². The molecule has 2 aromatic rings. The van der Waals surface area contributed by atoms with E-state index in [-0.39, 0.29) is 17.6 Å². The first kappa shape index (κ1) is 16.0. The first-order chi connectivity index (χ1) is 10.1. The van der Waals surface area contributed by atoms with Crippen LogP contribution in [-0.2, 0) is 6.42 Å². The highest BCUT2D eigenvalue weighted by Gasteiger charge is 2.13. The standard InChI is InChI=1S/C17H19BrFNO/c1-3-20-16(13-5-4-6-14(18)11-13)10-12-7-8-17(21-2)15(19)9-12/h4-9,11,16,20H,3,10H2,1-2H3. The van der Waals surface area contributed by atoms with Crippen molar-refractivity contribution in [3.63, 3.8) is 0 Å². The Balaban J connectivity index is 2.22. The van der Waals surface area contributed by atoms with Gasteiger partial charge in [0, 0.05) is 10.5 Å². The number of methoxy groups -OCH3 is 1. The van der Waals surface area contributed by atoms with Gasteiger partial charge in [-0.3, -0.25) is 0 Å². The minimum atomic E-state index is -0.320. The molecule has 2 rings (SSSR count). The van der Waals surface area contributed by atoms with Crippen molar-refractivity contribution in [1.82, 2.24) is 5.32 Å². The zero-order valence-corrected chi connectivity index (χ0v) is 13.8. The molecule has 112 valence electrons. The summed E-state index contributed by atoms with van der Waals surface area (Å²) in [4.78, 5) is 0.